The minimum absolute atomic E-state index is 0.00625. The molecular formula is C42H44N8O6S. The fourth-order valence-electron chi connectivity index (χ4n) is 8.36. The van der Waals surface area contributed by atoms with Crippen LogP contribution in [0.15, 0.2) is 54.7 Å². The predicted molar refractivity (Wildman–Crippen MR) is 213 cm³/mol. The highest BCUT2D eigenvalue weighted by molar-refractivity contribution is 7.80. The normalized spacial score (nSPS) is 23.4. The van der Waals surface area contributed by atoms with E-state index >= 15 is 0 Å². The number of fused-ring (bicyclic) bond motifs is 1. The number of nitrogens with zero attached hydrogens (tertiary/aromatic N) is 6. The molecule has 57 heavy (non-hydrogen) atoms. The number of anilines is 2. The van der Waals surface area contributed by atoms with Crippen LogP contribution in [0.25, 0.3) is 0 Å². The topological polar surface area (TPSA) is 168 Å². The molecule has 4 aliphatic heterocycles. The molecule has 5 aliphatic rings. The standard InChI is InChI=1S/C42H44N8O6S/c1-24-16-29(6-5-27(24)20-43)49-40(55)42(2,3)48(41(49)57)23-26-4-10-35(45-22-26)47-14-12-25(13-15-47)21-44-28-17-31(18-28)56-30-7-8-32-33(19-30)39(54)50(38(32)53)34-9-11-36(51)46-37(34)52/h4-8,10,16,19,22,25,28,31,34,44H,9,11-15,17-18,21,23H2,1-3H3,(H,46,51,52). The van der Waals surface area contributed by atoms with Crippen molar-refractivity contribution in [3.05, 3.63) is 82.5 Å². The summed E-state index contributed by atoms with van der Waals surface area (Å²) < 4.78 is 6.17. The number of imide groups is 2. The van der Waals surface area contributed by atoms with Gasteiger partial charge in [0, 0.05) is 38.3 Å². The number of carbonyl (C=O) groups excluding carboxylic acids is 5. The SMILES string of the molecule is Cc1cc(N2C(=O)C(C)(C)N(Cc3ccc(N4CCC(CNC5CC(Oc6ccc7c(c6)C(=O)N(C6CCC(=O)NC6=O)C7=O)C5)CC4)nc3)C2=S)ccc1C#N. The Kier molecular flexibility index (Phi) is 10.0. The fraction of sp³-hybridized carbons (Fsp3) is 0.429. The average molecular weight is 789 g/mol. The second-order valence-corrected chi connectivity index (χ2v) is 16.5. The van der Waals surface area contributed by atoms with E-state index in [-0.39, 0.29) is 36.0 Å². The van der Waals surface area contributed by atoms with E-state index in [2.05, 4.69) is 27.7 Å². The van der Waals surface area contributed by atoms with E-state index in [1.165, 1.54) is 0 Å². The number of amides is 5. The largest absolute Gasteiger partial charge is 0.490 e. The molecule has 2 N–H and O–H groups in total. The number of benzene rings is 2. The summed E-state index contributed by atoms with van der Waals surface area (Å²) in [5.41, 5.74) is 2.57. The van der Waals surface area contributed by atoms with Gasteiger partial charge in [-0.25, -0.2) is 4.98 Å². The van der Waals surface area contributed by atoms with Crippen LogP contribution >= 0.6 is 12.2 Å². The monoisotopic (exact) mass is 788 g/mol. The quantitative estimate of drug-likeness (QED) is 0.224. The van der Waals surface area contributed by atoms with Gasteiger partial charge >= 0.3 is 0 Å². The van der Waals surface area contributed by atoms with Crippen LogP contribution in [0.4, 0.5) is 11.5 Å². The lowest BCUT2D eigenvalue weighted by molar-refractivity contribution is -0.136. The molecule has 0 radical (unpaired) electrons. The molecule has 3 aromatic rings. The van der Waals surface area contributed by atoms with Crippen molar-refractivity contribution < 1.29 is 28.7 Å². The van der Waals surface area contributed by atoms with Gasteiger partial charge < -0.3 is 19.9 Å². The first-order chi connectivity index (χ1) is 27.3. The molecule has 1 aromatic heterocycles. The number of rotatable bonds is 10. The molecule has 2 aromatic carbocycles. The van der Waals surface area contributed by atoms with Crippen LogP contribution in [0.2, 0.25) is 0 Å². The lowest BCUT2D eigenvalue weighted by Gasteiger charge is -2.38. The van der Waals surface area contributed by atoms with E-state index in [1.54, 1.807) is 35.2 Å². The summed E-state index contributed by atoms with van der Waals surface area (Å²) in [6.07, 6.45) is 5.81. The fourth-order valence-corrected chi connectivity index (χ4v) is 8.85. The van der Waals surface area contributed by atoms with E-state index in [1.807, 2.05) is 44.0 Å². The van der Waals surface area contributed by atoms with E-state index in [4.69, 9.17) is 21.9 Å². The number of hydrogen-bond acceptors (Lipinski definition) is 11. The van der Waals surface area contributed by atoms with E-state index in [0.29, 0.717) is 40.6 Å². The maximum Gasteiger partial charge on any atom is 0.262 e. The van der Waals surface area contributed by atoms with Gasteiger partial charge in [0.25, 0.3) is 17.7 Å². The molecule has 14 nitrogen and oxygen atoms in total. The Labute approximate surface area is 336 Å². The molecule has 5 heterocycles. The molecular weight excluding hydrogens is 745 g/mol. The zero-order valence-corrected chi connectivity index (χ0v) is 32.9. The Morgan fingerprint density at radius 2 is 1.74 bits per heavy atom. The van der Waals surface area contributed by atoms with Gasteiger partial charge in [-0.1, -0.05) is 6.07 Å². The first-order valence-electron chi connectivity index (χ1n) is 19.4. The van der Waals surface area contributed by atoms with E-state index in [0.717, 1.165) is 67.2 Å². The van der Waals surface area contributed by atoms with Crippen molar-refractivity contribution in [2.75, 3.05) is 29.4 Å². The van der Waals surface area contributed by atoms with E-state index in [9.17, 15) is 29.2 Å². The number of thiocarbonyl (C=S) groups is 1. The van der Waals surface area contributed by atoms with Crippen LogP contribution < -0.4 is 25.2 Å². The molecule has 294 valence electrons. The summed E-state index contributed by atoms with van der Waals surface area (Å²) in [7, 11) is 0. The lowest BCUT2D eigenvalue weighted by Crippen LogP contribution is -2.54. The Morgan fingerprint density at radius 3 is 2.42 bits per heavy atom. The average Bonchev–Trinajstić information content (AvgIpc) is 3.52. The van der Waals surface area contributed by atoms with Crippen LogP contribution in [0.5, 0.6) is 5.75 Å². The second kappa shape index (κ2) is 15.0. The number of nitriles is 1. The molecule has 1 atom stereocenters. The van der Waals surface area contributed by atoms with Gasteiger partial charge in [-0.2, -0.15) is 5.26 Å². The first kappa shape index (κ1) is 38.2. The molecule has 4 fully saturated rings. The molecule has 1 saturated carbocycles. The van der Waals surface area contributed by atoms with Crippen LogP contribution in [-0.4, -0.2) is 92.8 Å². The molecule has 0 bridgehead atoms. The van der Waals surface area contributed by atoms with E-state index < -0.39 is 35.2 Å². The summed E-state index contributed by atoms with van der Waals surface area (Å²) in [6, 6.07) is 15.8. The Bertz CT molecular complexity index is 2220. The molecule has 5 amide bonds. The number of nitrogens with one attached hydrogen (secondary N) is 2. The third kappa shape index (κ3) is 7.12. The minimum atomic E-state index is -0.998. The highest BCUT2D eigenvalue weighted by Crippen LogP contribution is 2.36. The van der Waals surface area contributed by atoms with Gasteiger partial charge in [0.15, 0.2) is 5.11 Å². The number of carbonyl (C=O) groups is 5. The van der Waals surface area contributed by atoms with Crippen molar-refractivity contribution in [1.29, 1.82) is 5.26 Å². The van der Waals surface area contributed by atoms with Crippen LogP contribution in [0, 0.1) is 24.2 Å². The zero-order valence-electron chi connectivity index (χ0n) is 32.1. The Morgan fingerprint density at radius 1 is 0.982 bits per heavy atom. The number of pyridine rings is 1. The summed E-state index contributed by atoms with van der Waals surface area (Å²) in [6.45, 7) is 8.79. The van der Waals surface area contributed by atoms with Gasteiger partial charge in [0.05, 0.1) is 28.4 Å². The molecule has 1 unspecified atom stereocenters. The first-order valence-corrected chi connectivity index (χ1v) is 19.9. The summed E-state index contributed by atoms with van der Waals surface area (Å²) in [5, 5.41) is 15.7. The maximum absolute atomic E-state index is 13.6. The van der Waals surface area contributed by atoms with Gasteiger partial charge in [-0.15, -0.1) is 0 Å². The van der Waals surface area contributed by atoms with Crippen LogP contribution in [0.3, 0.4) is 0 Å². The number of hydrogen-bond donors (Lipinski definition) is 2. The lowest BCUT2D eigenvalue weighted by atomic mass is 9.88. The summed E-state index contributed by atoms with van der Waals surface area (Å²) in [4.78, 5) is 75.2. The van der Waals surface area contributed by atoms with Gasteiger partial charge in [0.1, 0.15) is 29.3 Å². The zero-order chi connectivity index (χ0) is 40.2. The van der Waals surface area contributed by atoms with Crippen molar-refractivity contribution in [2.24, 2.45) is 5.92 Å². The number of piperidine rings is 2. The highest BCUT2D eigenvalue weighted by atomic mass is 32.1. The molecule has 15 heteroatoms. The van der Waals surface area contributed by atoms with Crippen molar-refractivity contribution in [3.63, 3.8) is 0 Å². The minimum Gasteiger partial charge on any atom is -0.490 e. The third-order valence-corrected chi connectivity index (χ3v) is 12.4. The smallest absolute Gasteiger partial charge is 0.262 e. The Hall–Kier alpha value is -5.72. The third-order valence-electron chi connectivity index (χ3n) is 12.0. The van der Waals surface area contributed by atoms with Crippen molar-refractivity contribution in [1.82, 2.24) is 25.4 Å². The van der Waals surface area contributed by atoms with Crippen LogP contribution in [0.1, 0.15) is 89.8 Å². The highest BCUT2D eigenvalue weighted by Gasteiger charge is 2.49. The number of ether oxygens (including phenoxy) is 1. The molecule has 0 spiro atoms. The van der Waals surface area contributed by atoms with Crippen molar-refractivity contribution in [2.45, 2.75) is 89.6 Å². The predicted octanol–water partition coefficient (Wildman–Crippen LogP) is 3.99. The summed E-state index contributed by atoms with van der Waals surface area (Å²) >= 11 is 5.83. The van der Waals surface area contributed by atoms with Crippen molar-refractivity contribution in [3.8, 4) is 11.8 Å². The second-order valence-electron chi connectivity index (χ2n) is 16.1. The van der Waals surface area contributed by atoms with Crippen LogP contribution in [-0.2, 0) is 20.9 Å². The number of aromatic nitrogens is 1. The van der Waals surface area contributed by atoms with Gasteiger partial charge in [0.2, 0.25) is 11.8 Å². The van der Waals surface area contributed by atoms with Gasteiger partial charge in [-0.05, 0) is 131 Å². The maximum atomic E-state index is 13.6. The summed E-state index contributed by atoms with van der Waals surface area (Å²) in [5.74, 6) is -0.235. The molecule has 3 saturated heterocycles. The van der Waals surface area contributed by atoms with Crippen molar-refractivity contribution >= 4 is 58.4 Å². The van der Waals surface area contributed by atoms with Gasteiger partial charge in [-0.3, -0.25) is 39.1 Å². The molecule has 1 aliphatic carbocycles. The Balaban J connectivity index is 0.775. The molecule has 8 rings (SSSR count). The number of aryl methyl sites for hydroxylation is 1.